The summed E-state index contributed by atoms with van der Waals surface area (Å²) in [5.74, 6) is -2.67. The van der Waals surface area contributed by atoms with E-state index < -0.39 is 41.4 Å². The number of anilines is 2. The van der Waals surface area contributed by atoms with Gasteiger partial charge in [0.25, 0.3) is 0 Å². The minimum Gasteiger partial charge on any atom is -0.693 e. The van der Waals surface area contributed by atoms with E-state index in [1.54, 1.807) is 36.4 Å². The van der Waals surface area contributed by atoms with Gasteiger partial charge in [-0.05, 0) is 24.3 Å². The first-order chi connectivity index (χ1) is 14.1. The SMILES string of the molecule is O=C(O)C1=CNc2ccccc2S1(=O)=O.[NH-]C(=O)C1=CNc2ccccc2S1(=O)=O.[NH2-].[Y].[Y]. The molecule has 0 unspecified atom stereocenters. The average molecular weight is 642 g/mol. The smallest absolute Gasteiger partial charge is 0.349 e. The van der Waals surface area contributed by atoms with Gasteiger partial charge in [0.15, 0.2) is 4.91 Å². The fraction of sp³-hybridized carbons (Fsp3) is 0. The molecule has 2 aliphatic heterocycles. The van der Waals surface area contributed by atoms with Crippen molar-refractivity contribution in [2.45, 2.75) is 9.79 Å². The second kappa shape index (κ2) is 12.3. The third kappa shape index (κ3) is 6.35. The molecule has 0 saturated heterocycles. The Kier molecular flexibility index (Phi) is 11.7. The van der Waals surface area contributed by atoms with Gasteiger partial charge in [-0.15, -0.1) is 0 Å². The number of sulfone groups is 2. The summed E-state index contributed by atoms with van der Waals surface area (Å²) >= 11 is 0. The van der Waals surface area contributed by atoms with Crippen molar-refractivity contribution in [3.63, 3.8) is 0 Å². The van der Waals surface area contributed by atoms with Crippen LogP contribution in [0.4, 0.5) is 11.4 Å². The van der Waals surface area contributed by atoms with Crippen molar-refractivity contribution in [2.75, 3.05) is 10.6 Å². The Labute approximate surface area is 240 Å². The Morgan fingerprint density at radius 3 is 1.48 bits per heavy atom. The van der Waals surface area contributed by atoms with Gasteiger partial charge in [-0.1, -0.05) is 24.3 Å². The summed E-state index contributed by atoms with van der Waals surface area (Å²) < 4.78 is 47.1. The van der Waals surface area contributed by atoms with Crippen molar-refractivity contribution in [3.8, 4) is 0 Å². The number of para-hydroxylation sites is 2. The summed E-state index contributed by atoms with van der Waals surface area (Å²) in [5.41, 5.74) is 7.65. The number of amides is 1. The first kappa shape index (κ1) is 31.5. The number of nitrogens with two attached hydrogens (primary N) is 1. The molecule has 2 aromatic rings. The molecule has 0 aromatic heterocycles. The summed E-state index contributed by atoms with van der Waals surface area (Å²) in [6.07, 6.45) is 2.03. The van der Waals surface area contributed by atoms with Gasteiger partial charge in [0, 0.05) is 77.8 Å². The van der Waals surface area contributed by atoms with Gasteiger partial charge in [-0.3, -0.25) is 0 Å². The van der Waals surface area contributed by atoms with Gasteiger partial charge in [0.2, 0.25) is 19.7 Å². The number of hydrogen-bond acceptors (Lipinski definition) is 8. The van der Waals surface area contributed by atoms with Crippen LogP contribution in [0.5, 0.6) is 0 Å². The van der Waals surface area contributed by atoms with E-state index in [0.717, 1.165) is 12.4 Å². The largest absolute Gasteiger partial charge is 0.693 e. The molecule has 33 heavy (non-hydrogen) atoms. The Morgan fingerprint density at radius 1 is 0.727 bits per heavy atom. The predicted octanol–water partition coefficient (Wildman–Crippen LogP) is 2.83. The second-order valence-corrected chi connectivity index (χ2v) is 9.71. The molecule has 0 atom stereocenters. The maximum atomic E-state index is 11.8. The van der Waals surface area contributed by atoms with E-state index in [0.29, 0.717) is 11.4 Å². The maximum Gasteiger partial charge on any atom is 0.349 e. The molecular formula is C18H16N4O7S2Y2-2. The van der Waals surface area contributed by atoms with Gasteiger partial charge in [0.1, 0.15) is 4.91 Å². The number of hydrogen-bond donors (Lipinski definition) is 3. The summed E-state index contributed by atoms with van der Waals surface area (Å²) in [6.45, 7) is 0. The van der Waals surface area contributed by atoms with Crippen LogP contribution in [0.25, 0.3) is 11.9 Å². The molecular weight excluding hydrogens is 626 g/mol. The number of carbonyl (C=O) groups excluding carboxylic acids is 1. The fourth-order valence-electron chi connectivity index (χ4n) is 2.68. The van der Waals surface area contributed by atoms with E-state index in [4.69, 9.17) is 10.8 Å². The molecule has 170 valence electrons. The van der Waals surface area contributed by atoms with E-state index in [2.05, 4.69) is 10.6 Å². The quantitative estimate of drug-likeness (QED) is 0.440. The normalized spacial score (nSPS) is 15.6. The predicted molar refractivity (Wildman–Crippen MR) is 113 cm³/mol. The number of nitrogens with one attached hydrogen (secondary N) is 3. The number of fused-ring (bicyclic) bond motifs is 2. The molecule has 0 spiro atoms. The molecule has 2 heterocycles. The number of carboxylic acid groups (broad SMARTS) is 1. The molecule has 1 amide bonds. The first-order valence-electron chi connectivity index (χ1n) is 8.17. The Balaban J connectivity index is 0.000000569. The third-order valence-electron chi connectivity index (χ3n) is 4.08. The molecule has 0 bridgehead atoms. The van der Waals surface area contributed by atoms with Gasteiger partial charge in [-0.2, -0.15) is 0 Å². The van der Waals surface area contributed by atoms with Crippen LogP contribution >= 0.6 is 0 Å². The van der Waals surface area contributed by atoms with E-state index in [1.807, 2.05) is 0 Å². The van der Waals surface area contributed by atoms with E-state index in [1.165, 1.54) is 12.1 Å². The molecule has 6 N–H and O–H groups in total. The zero-order valence-corrected chi connectivity index (χ0v) is 24.0. The number of carbonyl (C=O) groups is 2. The van der Waals surface area contributed by atoms with Gasteiger partial charge < -0.3 is 32.4 Å². The topological polar surface area (TPSA) is 204 Å². The first-order valence-corrected chi connectivity index (χ1v) is 11.1. The van der Waals surface area contributed by atoms with Crippen molar-refractivity contribution in [2.24, 2.45) is 0 Å². The minimum atomic E-state index is -3.88. The molecule has 2 aromatic carbocycles. The Morgan fingerprint density at radius 2 is 1.09 bits per heavy atom. The summed E-state index contributed by atoms with van der Waals surface area (Å²) in [5, 5.41) is 14.0. The van der Waals surface area contributed by atoms with Crippen molar-refractivity contribution in [3.05, 3.63) is 82.6 Å². The summed E-state index contributed by atoms with van der Waals surface area (Å²) in [4.78, 5) is 20.4. The zero-order chi connectivity index (χ0) is 22.1. The Hall–Kier alpha value is -1.47. The van der Waals surface area contributed by atoms with Crippen LogP contribution < -0.4 is 10.6 Å². The van der Waals surface area contributed by atoms with Crippen molar-refractivity contribution in [1.29, 1.82) is 0 Å². The van der Waals surface area contributed by atoms with Gasteiger partial charge in [-0.25, -0.2) is 21.6 Å². The number of benzene rings is 2. The molecule has 2 aliphatic rings. The third-order valence-corrected chi connectivity index (χ3v) is 7.71. The van der Waals surface area contributed by atoms with Crippen LogP contribution in [0.2, 0.25) is 0 Å². The fourth-order valence-corrected chi connectivity index (χ4v) is 5.41. The van der Waals surface area contributed by atoms with Crippen molar-refractivity contribution in [1.82, 2.24) is 0 Å². The molecule has 15 heteroatoms. The van der Waals surface area contributed by atoms with Gasteiger partial charge >= 0.3 is 5.97 Å². The minimum absolute atomic E-state index is 0. The van der Waals surface area contributed by atoms with E-state index in [-0.39, 0.29) is 81.4 Å². The molecule has 2 radical (unpaired) electrons. The summed E-state index contributed by atoms with van der Waals surface area (Å²) in [6, 6.07) is 12.4. The van der Waals surface area contributed by atoms with Crippen molar-refractivity contribution < 1.29 is 96.9 Å². The van der Waals surface area contributed by atoms with Crippen LogP contribution in [0.3, 0.4) is 0 Å². The van der Waals surface area contributed by atoms with Crippen LogP contribution in [0, 0.1) is 0 Å². The molecule has 11 nitrogen and oxygen atoms in total. The number of rotatable bonds is 2. The van der Waals surface area contributed by atoms with Crippen LogP contribution in [0.15, 0.2) is 80.5 Å². The van der Waals surface area contributed by atoms with Crippen LogP contribution in [-0.2, 0) is 94.7 Å². The van der Waals surface area contributed by atoms with Crippen molar-refractivity contribution >= 4 is 42.9 Å². The average Bonchev–Trinajstić information content (AvgIpc) is 2.68. The molecule has 4 rings (SSSR count). The van der Waals surface area contributed by atoms with Crippen LogP contribution in [0.1, 0.15) is 0 Å². The zero-order valence-electron chi connectivity index (χ0n) is 16.7. The monoisotopic (exact) mass is 642 g/mol. The number of carboxylic acids is 1. The van der Waals surface area contributed by atoms with Crippen LogP contribution in [-0.4, -0.2) is 33.8 Å². The van der Waals surface area contributed by atoms with Gasteiger partial charge in [0.05, 0.1) is 27.1 Å². The van der Waals surface area contributed by atoms with E-state index >= 15 is 0 Å². The molecule has 0 saturated carbocycles. The Bertz CT molecular complexity index is 1240. The maximum absolute atomic E-state index is 11.8. The van der Waals surface area contributed by atoms with E-state index in [9.17, 15) is 26.4 Å². The second-order valence-electron chi connectivity index (χ2n) is 5.94. The molecule has 0 aliphatic carbocycles. The standard InChI is InChI=1S/C9H8N2O3S.C9H7NO4S.H2N.2Y/c10-9(12)8-5-11-6-3-1-2-4-7(6)15(8,13)14;11-9(12)8-5-10-6-3-1-2-4-7(6)15(8,13)14;;;/h1-5H,(H3,10,11,12);1-5,10H,(H,11,12);1H2;;/q;;-1;;/p-1. The molecule has 0 fully saturated rings. The summed E-state index contributed by atoms with van der Waals surface area (Å²) in [7, 11) is -7.70. The number of aliphatic carboxylic acids is 1.